The molecule has 0 aliphatic carbocycles. The molecule has 0 saturated heterocycles. The maximum Gasteiger partial charge on any atom is 0.260 e. The topological polar surface area (TPSA) is 60.0 Å². The summed E-state index contributed by atoms with van der Waals surface area (Å²) in [5, 5.41) is 3.49. The van der Waals surface area contributed by atoms with Gasteiger partial charge in [0.1, 0.15) is 6.17 Å². The number of fused-ring (bicyclic) bond motifs is 1. The summed E-state index contributed by atoms with van der Waals surface area (Å²) in [7, 11) is 4.73. The molecule has 3 aromatic carbocycles. The van der Waals surface area contributed by atoms with Crippen molar-refractivity contribution in [1.29, 1.82) is 0 Å². The summed E-state index contributed by atoms with van der Waals surface area (Å²) in [4.78, 5) is 15.1. The van der Waals surface area contributed by atoms with Gasteiger partial charge in [-0.15, -0.1) is 0 Å². The normalized spacial score (nSPS) is 15.0. The van der Waals surface area contributed by atoms with Crippen LogP contribution >= 0.6 is 0 Å². The number of para-hydroxylation sites is 1. The van der Waals surface area contributed by atoms with Crippen molar-refractivity contribution < 1.29 is 19.0 Å². The van der Waals surface area contributed by atoms with E-state index < -0.39 is 0 Å². The van der Waals surface area contributed by atoms with E-state index in [2.05, 4.69) is 5.32 Å². The Morgan fingerprint density at radius 3 is 2.13 bits per heavy atom. The highest BCUT2D eigenvalue weighted by molar-refractivity contribution is 6.11. The van der Waals surface area contributed by atoms with Gasteiger partial charge in [0.25, 0.3) is 5.91 Å². The molecule has 0 spiro atoms. The molecule has 154 valence electrons. The molecule has 1 atom stereocenters. The lowest BCUT2D eigenvalue weighted by Crippen LogP contribution is -2.32. The first-order valence-corrected chi connectivity index (χ1v) is 9.63. The van der Waals surface area contributed by atoms with E-state index in [0.29, 0.717) is 22.8 Å². The average molecular weight is 404 g/mol. The number of ether oxygens (including phenoxy) is 3. The summed E-state index contributed by atoms with van der Waals surface area (Å²) in [5.74, 6) is 1.56. The van der Waals surface area contributed by atoms with Crippen LogP contribution in [0.2, 0.25) is 0 Å². The van der Waals surface area contributed by atoms with Crippen molar-refractivity contribution in [1.82, 2.24) is 0 Å². The number of aryl methyl sites for hydroxylation is 1. The van der Waals surface area contributed by atoms with E-state index in [1.165, 1.54) is 0 Å². The number of anilines is 2. The third-order valence-corrected chi connectivity index (χ3v) is 5.31. The van der Waals surface area contributed by atoms with Gasteiger partial charge in [0.15, 0.2) is 11.5 Å². The first-order chi connectivity index (χ1) is 14.6. The molecule has 0 saturated carbocycles. The highest BCUT2D eigenvalue weighted by Gasteiger charge is 2.38. The van der Waals surface area contributed by atoms with Gasteiger partial charge in [-0.1, -0.05) is 36.4 Å². The average Bonchev–Trinajstić information content (AvgIpc) is 3.05. The molecule has 0 radical (unpaired) electrons. The van der Waals surface area contributed by atoms with E-state index in [0.717, 1.165) is 22.5 Å². The van der Waals surface area contributed by atoms with Gasteiger partial charge in [0.2, 0.25) is 5.75 Å². The highest BCUT2D eigenvalue weighted by atomic mass is 16.5. The van der Waals surface area contributed by atoms with Crippen LogP contribution in [0.15, 0.2) is 60.7 Å². The van der Waals surface area contributed by atoms with Crippen molar-refractivity contribution in [2.24, 2.45) is 0 Å². The van der Waals surface area contributed by atoms with Crippen LogP contribution in [0, 0.1) is 6.92 Å². The molecule has 1 aliphatic heterocycles. The van der Waals surface area contributed by atoms with E-state index in [1.54, 1.807) is 26.2 Å². The lowest BCUT2D eigenvalue weighted by molar-refractivity contribution is 0.0993. The van der Waals surface area contributed by atoms with E-state index in [9.17, 15) is 4.79 Å². The Morgan fingerprint density at radius 1 is 0.867 bits per heavy atom. The van der Waals surface area contributed by atoms with Crippen molar-refractivity contribution in [2.75, 3.05) is 31.5 Å². The molecule has 0 fully saturated rings. The minimum Gasteiger partial charge on any atom is -0.493 e. The summed E-state index contributed by atoms with van der Waals surface area (Å²) >= 11 is 0. The van der Waals surface area contributed by atoms with Crippen molar-refractivity contribution in [3.05, 3.63) is 77.4 Å². The monoisotopic (exact) mass is 404 g/mol. The lowest BCUT2D eigenvalue weighted by atomic mass is 10.1. The Bertz CT molecular complexity index is 1070. The minimum atomic E-state index is -0.377. The zero-order chi connectivity index (χ0) is 21.3. The van der Waals surface area contributed by atoms with Gasteiger partial charge < -0.3 is 19.5 Å². The second-order valence-corrected chi connectivity index (χ2v) is 7.01. The predicted molar refractivity (Wildman–Crippen MR) is 117 cm³/mol. The van der Waals surface area contributed by atoms with Gasteiger partial charge in [0, 0.05) is 34.6 Å². The van der Waals surface area contributed by atoms with Gasteiger partial charge >= 0.3 is 0 Å². The fraction of sp³-hybridized carbons (Fsp3) is 0.208. The molecule has 0 bridgehead atoms. The first-order valence-electron chi connectivity index (χ1n) is 9.63. The van der Waals surface area contributed by atoms with Crippen LogP contribution in [-0.4, -0.2) is 27.2 Å². The van der Waals surface area contributed by atoms with Crippen molar-refractivity contribution >= 4 is 17.3 Å². The summed E-state index contributed by atoms with van der Waals surface area (Å²) in [6, 6.07) is 19.2. The second kappa shape index (κ2) is 7.99. The third kappa shape index (κ3) is 3.20. The largest absolute Gasteiger partial charge is 0.493 e. The highest BCUT2D eigenvalue weighted by Crippen LogP contribution is 2.43. The number of benzene rings is 3. The fourth-order valence-electron chi connectivity index (χ4n) is 3.86. The molecule has 4 rings (SSSR count). The first kappa shape index (κ1) is 19.6. The summed E-state index contributed by atoms with van der Waals surface area (Å²) < 4.78 is 16.4. The molecule has 6 heteroatoms. The quantitative estimate of drug-likeness (QED) is 0.640. The van der Waals surface area contributed by atoms with Crippen molar-refractivity contribution in [2.45, 2.75) is 13.1 Å². The number of rotatable bonds is 6. The van der Waals surface area contributed by atoms with E-state index >= 15 is 0 Å². The maximum absolute atomic E-state index is 13.3. The number of hydrogen-bond acceptors (Lipinski definition) is 5. The van der Waals surface area contributed by atoms with Gasteiger partial charge in [0.05, 0.1) is 21.3 Å². The molecule has 1 unspecified atom stereocenters. The Morgan fingerprint density at radius 2 is 1.50 bits per heavy atom. The number of nitrogens with one attached hydrogen (secondary N) is 1. The molecule has 3 aromatic rings. The molecule has 1 N–H and O–H groups in total. The van der Waals surface area contributed by atoms with Crippen LogP contribution in [0.5, 0.6) is 17.2 Å². The number of carbonyl (C=O) groups is 1. The number of carbonyl (C=O) groups excluding carboxylic acids is 1. The number of amides is 1. The van der Waals surface area contributed by atoms with Crippen LogP contribution in [0.25, 0.3) is 0 Å². The molecule has 6 nitrogen and oxygen atoms in total. The summed E-state index contributed by atoms with van der Waals surface area (Å²) in [5.41, 5.74) is 4.24. The standard InChI is InChI=1S/C24H24N2O4/c1-15-9-5-8-12-19(15)26-23(17-10-6-7-11-18(17)24(26)27)25-16-13-20(28-2)22(30-4)21(14-16)29-3/h5-14,23,25H,1-4H3. The van der Waals surface area contributed by atoms with E-state index in [1.807, 2.05) is 67.6 Å². The Hall–Kier alpha value is -3.67. The zero-order valence-electron chi connectivity index (χ0n) is 17.4. The van der Waals surface area contributed by atoms with E-state index in [-0.39, 0.29) is 12.1 Å². The van der Waals surface area contributed by atoms with Crippen LogP contribution < -0.4 is 24.4 Å². The maximum atomic E-state index is 13.3. The second-order valence-electron chi connectivity index (χ2n) is 7.01. The molecular weight excluding hydrogens is 380 g/mol. The van der Waals surface area contributed by atoms with E-state index in [4.69, 9.17) is 14.2 Å². The zero-order valence-corrected chi connectivity index (χ0v) is 17.4. The molecular formula is C24H24N2O4. The van der Waals surface area contributed by atoms with Crippen molar-refractivity contribution in [3.63, 3.8) is 0 Å². The van der Waals surface area contributed by atoms with Crippen LogP contribution in [0.3, 0.4) is 0 Å². The predicted octanol–water partition coefficient (Wildman–Crippen LogP) is 4.79. The van der Waals surface area contributed by atoms with Crippen LogP contribution in [0.4, 0.5) is 11.4 Å². The number of nitrogens with zero attached hydrogens (tertiary/aromatic N) is 1. The fourth-order valence-corrected chi connectivity index (χ4v) is 3.86. The minimum absolute atomic E-state index is 0.0372. The van der Waals surface area contributed by atoms with Crippen molar-refractivity contribution in [3.8, 4) is 17.2 Å². The summed E-state index contributed by atoms with van der Waals surface area (Å²) in [6.07, 6.45) is -0.377. The smallest absolute Gasteiger partial charge is 0.260 e. The van der Waals surface area contributed by atoms with Gasteiger partial charge in [-0.3, -0.25) is 9.69 Å². The Balaban J connectivity index is 1.81. The van der Waals surface area contributed by atoms with Gasteiger partial charge in [-0.25, -0.2) is 0 Å². The van der Waals surface area contributed by atoms with Gasteiger partial charge in [-0.2, -0.15) is 0 Å². The number of methoxy groups -OCH3 is 3. The molecule has 1 heterocycles. The molecule has 1 amide bonds. The molecule has 0 aromatic heterocycles. The van der Waals surface area contributed by atoms with Gasteiger partial charge in [-0.05, 0) is 24.6 Å². The van der Waals surface area contributed by atoms with Crippen LogP contribution in [-0.2, 0) is 0 Å². The molecule has 1 aliphatic rings. The summed E-state index contributed by atoms with van der Waals surface area (Å²) in [6.45, 7) is 2.00. The molecule has 30 heavy (non-hydrogen) atoms. The number of hydrogen-bond donors (Lipinski definition) is 1. The lowest BCUT2D eigenvalue weighted by Gasteiger charge is -2.29. The van der Waals surface area contributed by atoms with Crippen LogP contribution in [0.1, 0.15) is 27.7 Å². The Labute approximate surface area is 176 Å². The Kier molecular flexibility index (Phi) is 5.23. The SMILES string of the molecule is COc1cc(NC2c3ccccc3C(=O)N2c2ccccc2C)cc(OC)c1OC. The third-order valence-electron chi connectivity index (χ3n) is 5.31.